The first-order valence-corrected chi connectivity index (χ1v) is 8.39. The molecule has 5 nitrogen and oxygen atoms in total. The molecule has 130 valence electrons. The van der Waals surface area contributed by atoms with Crippen LogP contribution in [0.5, 0.6) is 0 Å². The van der Waals surface area contributed by atoms with Crippen molar-refractivity contribution < 1.29 is 24.1 Å². The zero-order valence-corrected chi connectivity index (χ0v) is 14.7. The molecule has 0 amide bonds. The number of aliphatic hydroxyl groups excluding tert-OH is 1. The van der Waals surface area contributed by atoms with Crippen molar-refractivity contribution in [2.45, 2.75) is 82.9 Å². The maximum atomic E-state index is 9.85. The second kappa shape index (κ2) is 6.73. The van der Waals surface area contributed by atoms with Crippen LogP contribution in [0.15, 0.2) is 0 Å². The number of ether oxygens (including phenoxy) is 4. The Hall–Kier alpha value is -0.200. The van der Waals surface area contributed by atoms with Crippen molar-refractivity contribution in [3.63, 3.8) is 0 Å². The minimum absolute atomic E-state index is 0.141. The monoisotopic (exact) mass is 316 g/mol. The summed E-state index contributed by atoms with van der Waals surface area (Å²) >= 11 is 0. The maximum absolute atomic E-state index is 9.85. The Morgan fingerprint density at radius 1 is 1.18 bits per heavy atom. The summed E-state index contributed by atoms with van der Waals surface area (Å²) in [7, 11) is 0. The smallest absolute Gasteiger partial charge is 0.110 e. The van der Waals surface area contributed by atoms with E-state index in [-0.39, 0.29) is 17.3 Å². The van der Waals surface area contributed by atoms with E-state index >= 15 is 0 Å². The van der Waals surface area contributed by atoms with Gasteiger partial charge in [0.1, 0.15) is 12.2 Å². The highest BCUT2D eigenvalue weighted by molar-refractivity contribution is 4.97. The molecule has 22 heavy (non-hydrogen) atoms. The fourth-order valence-electron chi connectivity index (χ4n) is 2.34. The first-order chi connectivity index (χ1) is 10.2. The van der Waals surface area contributed by atoms with Crippen LogP contribution in [0.25, 0.3) is 0 Å². The third-order valence-electron chi connectivity index (χ3n) is 4.44. The molecule has 2 rings (SSSR count). The van der Waals surface area contributed by atoms with Crippen molar-refractivity contribution in [2.24, 2.45) is 0 Å². The molecule has 1 saturated carbocycles. The Kier molecular flexibility index (Phi) is 5.55. The molecular weight excluding hydrogens is 284 g/mol. The molecule has 0 bridgehead atoms. The summed E-state index contributed by atoms with van der Waals surface area (Å²) in [5.74, 6) is 0. The lowest BCUT2D eigenvalue weighted by Gasteiger charge is -2.34. The molecule has 1 unspecified atom stereocenters. The van der Waals surface area contributed by atoms with E-state index in [9.17, 15) is 5.11 Å². The zero-order chi connectivity index (χ0) is 16.4. The molecule has 0 aromatic carbocycles. The molecule has 1 aliphatic carbocycles. The van der Waals surface area contributed by atoms with E-state index in [1.54, 1.807) is 0 Å². The molecule has 3 atom stereocenters. The van der Waals surface area contributed by atoms with Gasteiger partial charge in [0.2, 0.25) is 0 Å². The second-order valence-corrected chi connectivity index (χ2v) is 7.94. The van der Waals surface area contributed by atoms with Crippen molar-refractivity contribution in [3.05, 3.63) is 0 Å². The van der Waals surface area contributed by atoms with Gasteiger partial charge in [-0.2, -0.15) is 0 Å². The standard InChI is InChI=1S/C17H32O5/c1-6-16(5,22-14-10-19-9-13(14)18)11-21-17(7-8-17)12-20-15(2,3)4/h13-14,18H,6-12H2,1-5H3/t13-,14-,16?/m1/s1. The predicted molar refractivity (Wildman–Crippen MR) is 84.0 cm³/mol. The lowest BCUT2D eigenvalue weighted by atomic mass is 10.0. The SMILES string of the molecule is CCC(C)(COC1(COC(C)(C)C)CC1)O[C@@H]1COC[C@H]1O. The van der Waals surface area contributed by atoms with Crippen LogP contribution in [0, 0.1) is 0 Å². The average molecular weight is 316 g/mol. The molecule has 1 saturated heterocycles. The number of hydrogen-bond acceptors (Lipinski definition) is 5. The van der Waals surface area contributed by atoms with Gasteiger partial charge in [0, 0.05) is 0 Å². The van der Waals surface area contributed by atoms with Crippen LogP contribution in [0.3, 0.4) is 0 Å². The molecule has 5 heteroatoms. The molecule has 1 aliphatic heterocycles. The Morgan fingerprint density at radius 3 is 2.32 bits per heavy atom. The van der Waals surface area contributed by atoms with Gasteiger partial charge in [-0.15, -0.1) is 0 Å². The molecule has 2 fully saturated rings. The van der Waals surface area contributed by atoms with Crippen molar-refractivity contribution in [1.82, 2.24) is 0 Å². The van der Waals surface area contributed by atoms with Gasteiger partial charge >= 0.3 is 0 Å². The molecule has 0 aromatic rings. The molecule has 0 spiro atoms. The van der Waals surface area contributed by atoms with E-state index in [1.807, 2.05) is 6.92 Å². The highest BCUT2D eigenvalue weighted by atomic mass is 16.6. The Bertz CT molecular complexity index is 361. The second-order valence-electron chi connectivity index (χ2n) is 7.94. The van der Waals surface area contributed by atoms with Crippen LogP contribution in [-0.2, 0) is 18.9 Å². The number of rotatable bonds is 8. The molecule has 2 aliphatic rings. The van der Waals surface area contributed by atoms with E-state index < -0.39 is 11.7 Å². The third-order valence-corrected chi connectivity index (χ3v) is 4.44. The van der Waals surface area contributed by atoms with Gasteiger partial charge in [-0.25, -0.2) is 0 Å². The average Bonchev–Trinajstić information content (AvgIpc) is 3.12. The van der Waals surface area contributed by atoms with E-state index in [4.69, 9.17) is 18.9 Å². The molecule has 0 aromatic heterocycles. The van der Waals surface area contributed by atoms with Gasteiger partial charge in [-0.1, -0.05) is 6.92 Å². The van der Waals surface area contributed by atoms with Crippen LogP contribution < -0.4 is 0 Å². The summed E-state index contributed by atoms with van der Waals surface area (Å²) in [6.07, 6.45) is 2.11. The van der Waals surface area contributed by atoms with Crippen molar-refractivity contribution >= 4 is 0 Å². The lowest BCUT2D eigenvalue weighted by molar-refractivity contribution is -0.169. The van der Waals surface area contributed by atoms with Crippen LogP contribution >= 0.6 is 0 Å². The summed E-state index contributed by atoms with van der Waals surface area (Å²) in [6, 6.07) is 0. The summed E-state index contributed by atoms with van der Waals surface area (Å²) < 4.78 is 23.4. The summed E-state index contributed by atoms with van der Waals surface area (Å²) in [5.41, 5.74) is -0.691. The molecular formula is C17H32O5. The predicted octanol–water partition coefficient (Wildman–Crippen LogP) is 2.30. The van der Waals surface area contributed by atoms with Crippen molar-refractivity contribution in [1.29, 1.82) is 0 Å². The fraction of sp³-hybridized carbons (Fsp3) is 1.00. The summed E-state index contributed by atoms with van der Waals surface area (Å²) in [5, 5.41) is 9.85. The molecule has 0 radical (unpaired) electrons. The maximum Gasteiger partial charge on any atom is 0.110 e. The molecule has 1 N–H and O–H groups in total. The minimum Gasteiger partial charge on any atom is -0.388 e. The van der Waals surface area contributed by atoms with Gasteiger partial charge in [-0.3, -0.25) is 0 Å². The molecule has 1 heterocycles. The summed E-state index contributed by atoms with van der Waals surface area (Å²) in [6.45, 7) is 12.3. The fourth-order valence-corrected chi connectivity index (χ4v) is 2.34. The van der Waals surface area contributed by atoms with Crippen LogP contribution in [0.4, 0.5) is 0 Å². The highest BCUT2D eigenvalue weighted by Gasteiger charge is 2.47. The van der Waals surface area contributed by atoms with E-state index in [0.29, 0.717) is 26.4 Å². The Labute approximate surface area is 134 Å². The summed E-state index contributed by atoms with van der Waals surface area (Å²) in [4.78, 5) is 0. The lowest BCUT2D eigenvalue weighted by Crippen LogP contribution is -2.43. The largest absolute Gasteiger partial charge is 0.388 e. The first kappa shape index (κ1) is 18.1. The topological polar surface area (TPSA) is 57.2 Å². The van der Waals surface area contributed by atoms with E-state index in [2.05, 4.69) is 27.7 Å². The Morgan fingerprint density at radius 2 is 1.86 bits per heavy atom. The highest BCUT2D eigenvalue weighted by Crippen LogP contribution is 2.41. The zero-order valence-electron chi connectivity index (χ0n) is 14.7. The quantitative estimate of drug-likeness (QED) is 0.744. The van der Waals surface area contributed by atoms with Gasteiger partial charge in [0.15, 0.2) is 0 Å². The van der Waals surface area contributed by atoms with Gasteiger partial charge in [-0.05, 0) is 47.0 Å². The van der Waals surface area contributed by atoms with Gasteiger partial charge in [0.25, 0.3) is 0 Å². The Balaban J connectivity index is 1.82. The van der Waals surface area contributed by atoms with Crippen LogP contribution in [0.2, 0.25) is 0 Å². The minimum atomic E-state index is -0.537. The normalized spacial score (nSPS) is 30.3. The van der Waals surface area contributed by atoms with Crippen LogP contribution in [0.1, 0.15) is 53.9 Å². The van der Waals surface area contributed by atoms with Crippen LogP contribution in [-0.4, -0.2) is 60.5 Å². The number of aliphatic hydroxyl groups is 1. The first-order valence-electron chi connectivity index (χ1n) is 8.39. The van der Waals surface area contributed by atoms with Gasteiger partial charge < -0.3 is 24.1 Å². The van der Waals surface area contributed by atoms with E-state index in [0.717, 1.165) is 19.3 Å². The number of hydrogen-bond donors (Lipinski definition) is 1. The third kappa shape index (κ3) is 5.17. The van der Waals surface area contributed by atoms with Crippen molar-refractivity contribution in [2.75, 3.05) is 26.4 Å². The van der Waals surface area contributed by atoms with Crippen molar-refractivity contribution in [3.8, 4) is 0 Å². The van der Waals surface area contributed by atoms with Gasteiger partial charge in [0.05, 0.1) is 43.2 Å². The van der Waals surface area contributed by atoms with E-state index in [1.165, 1.54) is 0 Å².